The van der Waals surface area contributed by atoms with Gasteiger partial charge in [0.15, 0.2) is 26.2 Å². The van der Waals surface area contributed by atoms with Crippen molar-refractivity contribution in [2.45, 2.75) is 37.6 Å². The van der Waals surface area contributed by atoms with Crippen LogP contribution in [0.15, 0.2) is 45.1 Å². The number of rotatable bonds is 5. The number of fused-ring (bicyclic) bond motifs is 1. The summed E-state index contributed by atoms with van der Waals surface area (Å²) >= 11 is 0.381. The van der Waals surface area contributed by atoms with E-state index in [2.05, 4.69) is 4.98 Å². The van der Waals surface area contributed by atoms with Crippen molar-refractivity contribution >= 4 is 38.1 Å². The molecule has 3 aromatic rings. The van der Waals surface area contributed by atoms with Gasteiger partial charge >= 0.3 is 11.0 Å². The maximum Gasteiger partial charge on any atom is 0.372 e. The molecule has 3 heterocycles. The van der Waals surface area contributed by atoms with E-state index < -0.39 is 32.4 Å². The molecule has 178 valence electrons. The summed E-state index contributed by atoms with van der Waals surface area (Å²) in [5, 5.41) is 7.81. The SMILES string of the molecule is CCCn1c(=O)c2c(nc(SC(=O)O)n2C2CS(=O)(=O)C2)n(C)c1=O.NCc1ccccc1. The molecule has 4 rings (SSSR count). The second-order valence-electron chi connectivity index (χ2n) is 7.52. The lowest BCUT2D eigenvalue weighted by molar-refractivity contribution is 0.222. The Bertz CT molecular complexity index is 1380. The summed E-state index contributed by atoms with van der Waals surface area (Å²) in [5.41, 5.74) is 5.51. The number of aryl methyl sites for hydroxylation is 1. The second kappa shape index (κ2) is 9.93. The van der Waals surface area contributed by atoms with Crippen LogP contribution in [0, 0.1) is 0 Å². The van der Waals surface area contributed by atoms with E-state index in [-0.39, 0.29) is 34.4 Å². The van der Waals surface area contributed by atoms with Gasteiger partial charge in [0.25, 0.3) is 5.56 Å². The van der Waals surface area contributed by atoms with E-state index in [1.54, 1.807) is 0 Å². The number of carbonyl (C=O) groups is 1. The number of sulfone groups is 1. The summed E-state index contributed by atoms with van der Waals surface area (Å²) in [6.07, 6.45) is 0.559. The molecule has 1 aliphatic rings. The molecule has 1 aliphatic heterocycles. The molecule has 0 bridgehead atoms. The Morgan fingerprint density at radius 2 is 1.88 bits per heavy atom. The van der Waals surface area contributed by atoms with Crippen molar-refractivity contribution in [2.75, 3.05) is 11.5 Å². The maximum absolute atomic E-state index is 12.8. The number of imidazole rings is 1. The predicted octanol–water partition coefficient (Wildman–Crippen LogP) is 1.19. The zero-order chi connectivity index (χ0) is 24.3. The molecule has 1 aromatic carbocycles. The Morgan fingerprint density at radius 1 is 1.24 bits per heavy atom. The average Bonchev–Trinajstić information content (AvgIpc) is 3.12. The monoisotopic (exact) mass is 495 g/mol. The van der Waals surface area contributed by atoms with Gasteiger partial charge in [-0.15, -0.1) is 0 Å². The lowest BCUT2D eigenvalue weighted by atomic mass is 10.2. The molecule has 0 saturated carbocycles. The second-order valence-corrected chi connectivity index (χ2v) is 10.6. The van der Waals surface area contributed by atoms with Crippen LogP contribution in [0.2, 0.25) is 0 Å². The summed E-state index contributed by atoms with van der Waals surface area (Å²) in [7, 11) is -1.76. The van der Waals surface area contributed by atoms with Crippen LogP contribution in [-0.4, -0.2) is 49.0 Å². The third-order valence-corrected chi connectivity index (χ3v) is 7.54. The average molecular weight is 496 g/mol. The van der Waals surface area contributed by atoms with Crippen molar-refractivity contribution in [2.24, 2.45) is 12.8 Å². The number of aromatic nitrogens is 4. The highest BCUT2D eigenvalue weighted by Gasteiger charge is 2.38. The summed E-state index contributed by atoms with van der Waals surface area (Å²) < 4.78 is 26.7. The van der Waals surface area contributed by atoms with Gasteiger partial charge in [-0.3, -0.25) is 13.9 Å². The Hall–Kier alpha value is -2.90. The first-order valence-electron chi connectivity index (χ1n) is 10.2. The Labute approximate surface area is 193 Å². The molecule has 0 aliphatic carbocycles. The van der Waals surface area contributed by atoms with Crippen LogP contribution in [0.3, 0.4) is 0 Å². The van der Waals surface area contributed by atoms with Crippen molar-refractivity contribution in [1.82, 2.24) is 18.7 Å². The Balaban J connectivity index is 0.000000323. The minimum Gasteiger partial charge on any atom is -0.473 e. The van der Waals surface area contributed by atoms with Crippen molar-refractivity contribution < 1.29 is 18.3 Å². The Morgan fingerprint density at radius 3 is 2.36 bits per heavy atom. The first-order valence-corrected chi connectivity index (χ1v) is 12.8. The fourth-order valence-electron chi connectivity index (χ4n) is 3.53. The molecule has 0 amide bonds. The van der Waals surface area contributed by atoms with Crippen LogP contribution in [0.1, 0.15) is 24.9 Å². The fraction of sp³-hybridized carbons (Fsp3) is 0.400. The van der Waals surface area contributed by atoms with Gasteiger partial charge in [-0.2, -0.15) is 0 Å². The zero-order valence-electron chi connectivity index (χ0n) is 18.2. The molecule has 3 N–H and O–H groups in total. The largest absolute Gasteiger partial charge is 0.473 e. The minimum atomic E-state index is -3.20. The van der Waals surface area contributed by atoms with Crippen molar-refractivity contribution in [3.05, 3.63) is 56.7 Å². The first kappa shape index (κ1) is 24.7. The van der Waals surface area contributed by atoms with E-state index >= 15 is 0 Å². The highest BCUT2D eigenvalue weighted by atomic mass is 32.2. The van der Waals surface area contributed by atoms with Crippen LogP contribution in [-0.2, 0) is 30.0 Å². The Kier molecular flexibility index (Phi) is 7.44. The molecule has 1 saturated heterocycles. The normalized spacial score (nSPS) is 15.0. The van der Waals surface area contributed by atoms with Crippen LogP contribution in [0.4, 0.5) is 4.79 Å². The standard InChI is InChI=1S/C13H16N4O6S2.C7H9N/c1-3-4-16-10(18)8-9(15(2)12(16)19)14-11(24-13(20)21)17(8)7-5-25(22,23)6-7;8-6-7-4-2-1-3-5-7/h7H,3-6H2,1-2H3,(H,20,21);1-5H,6,8H2. The lowest BCUT2D eigenvalue weighted by Gasteiger charge is -2.28. The van der Waals surface area contributed by atoms with Crippen LogP contribution in [0.5, 0.6) is 0 Å². The molecule has 11 nitrogen and oxygen atoms in total. The molecule has 33 heavy (non-hydrogen) atoms. The molecule has 1 fully saturated rings. The minimum absolute atomic E-state index is 0.0104. The molecule has 0 spiro atoms. The van der Waals surface area contributed by atoms with Gasteiger partial charge in [0.05, 0.1) is 17.5 Å². The molecule has 0 atom stereocenters. The summed E-state index contributed by atoms with van der Waals surface area (Å²) in [4.78, 5) is 40.4. The number of benzene rings is 1. The van der Waals surface area contributed by atoms with Gasteiger partial charge in [0.2, 0.25) is 0 Å². The quantitative estimate of drug-likeness (QED) is 0.496. The highest BCUT2D eigenvalue weighted by molar-refractivity contribution is 8.13. The van der Waals surface area contributed by atoms with Gasteiger partial charge in [0.1, 0.15) is 0 Å². The van der Waals surface area contributed by atoms with Crippen molar-refractivity contribution in [1.29, 1.82) is 0 Å². The molecule has 2 aromatic heterocycles. The first-order chi connectivity index (χ1) is 15.6. The molecule has 0 radical (unpaired) electrons. The van der Waals surface area contributed by atoms with Crippen molar-refractivity contribution in [3.63, 3.8) is 0 Å². The van der Waals surface area contributed by atoms with Gasteiger partial charge in [-0.1, -0.05) is 37.3 Å². The number of nitrogens with zero attached hydrogens (tertiary/aromatic N) is 4. The predicted molar refractivity (Wildman–Crippen MR) is 125 cm³/mol. The molecular formula is C20H25N5O6S2. The number of hydrogen-bond acceptors (Lipinski definition) is 8. The number of nitrogens with two attached hydrogens (primary N) is 1. The van der Waals surface area contributed by atoms with Gasteiger partial charge in [-0.05, 0) is 12.0 Å². The maximum atomic E-state index is 12.8. The van der Waals surface area contributed by atoms with Gasteiger partial charge in [0, 0.05) is 31.9 Å². The van der Waals surface area contributed by atoms with E-state index in [1.807, 2.05) is 37.3 Å². The van der Waals surface area contributed by atoms with Gasteiger partial charge < -0.3 is 15.4 Å². The van der Waals surface area contributed by atoms with Crippen LogP contribution in [0.25, 0.3) is 11.2 Å². The summed E-state index contributed by atoms with van der Waals surface area (Å²) in [6, 6.07) is 9.42. The van der Waals surface area contributed by atoms with E-state index in [0.29, 0.717) is 24.7 Å². The molecule has 13 heteroatoms. The van der Waals surface area contributed by atoms with Crippen LogP contribution >= 0.6 is 11.8 Å². The molecular weight excluding hydrogens is 470 g/mol. The van der Waals surface area contributed by atoms with Crippen LogP contribution < -0.4 is 17.0 Å². The van der Waals surface area contributed by atoms with E-state index in [0.717, 1.165) is 4.57 Å². The summed E-state index contributed by atoms with van der Waals surface area (Å²) in [6.45, 7) is 2.66. The zero-order valence-corrected chi connectivity index (χ0v) is 19.8. The highest BCUT2D eigenvalue weighted by Crippen LogP contribution is 2.32. The van der Waals surface area contributed by atoms with E-state index in [1.165, 1.54) is 21.7 Å². The van der Waals surface area contributed by atoms with E-state index in [9.17, 15) is 22.8 Å². The number of hydrogen-bond donors (Lipinski definition) is 2. The topological polar surface area (TPSA) is 159 Å². The summed E-state index contributed by atoms with van der Waals surface area (Å²) in [5.74, 6) is -0.386. The molecule has 0 unspecified atom stereocenters. The fourth-order valence-corrected chi connectivity index (χ4v) is 5.53. The van der Waals surface area contributed by atoms with Crippen molar-refractivity contribution in [3.8, 4) is 0 Å². The lowest BCUT2D eigenvalue weighted by Crippen LogP contribution is -2.42. The third-order valence-electron chi connectivity index (χ3n) is 5.11. The number of thioether (sulfide) groups is 1. The van der Waals surface area contributed by atoms with Gasteiger partial charge in [-0.25, -0.2) is 23.0 Å². The number of carboxylic acid groups (broad SMARTS) is 1. The third kappa shape index (κ3) is 5.20. The smallest absolute Gasteiger partial charge is 0.372 e. The van der Waals surface area contributed by atoms with E-state index in [4.69, 9.17) is 10.8 Å².